The molecule has 29 heavy (non-hydrogen) atoms. The van der Waals surface area contributed by atoms with Crippen molar-refractivity contribution in [2.75, 3.05) is 36.8 Å². The zero-order valence-electron chi connectivity index (χ0n) is 15.4. The third-order valence-electron chi connectivity index (χ3n) is 4.86. The molecule has 1 fully saturated rings. The maximum absolute atomic E-state index is 9.04. The number of anilines is 2. The third-order valence-corrected chi connectivity index (χ3v) is 5.88. The number of nitriles is 1. The molecule has 0 amide bonds. The molecule has 1 aliphatic heterocycles. The summed E-state index contributed by atoms with van der Waals surface area (Å²) in [6.07, 6.45) is 3.27. The summed E-state index contributed by atoms with van der Waals surface area (Å²) in [6, 6.07) is 9.52. The topological polar surface area (TPSA) is 121 Å². The summed E-state index contributed by atoms with van der Waals surface area (Å²) in [6.45, 7) is 3.73. The van der Waals surface area contributed by atoms with E-state index in [1.807, 2.05) is 18.2 Å². The molecule has 0 aromatic carbocycles. The Kier molecular flexibility index (Phi) is 4.31. The second-order valence-electron chi connectivity index (χ2n) is 6.69. The SMILES string of the molecule is N#Cc1cnn2c(-c3cc(N)c(-c4nnc(N5CCNCC5)s4)cn3)ccc2c1. The number of nitrogen functional groups attached to an aromatic ring is 1. The Bertz CT molecular complexity index is 1230. The number of fused-ring (bicyclic) bond motifs is 1. The van der Waals surface area contributed by atoms with Crippen LogP contribution in [0.25, 0.3) is 27.5 Å². The van der Waals surface area contributed by atoms with E-state index >= 15 is 0 Å². The molecule has 5 heterocycles. The molecule has 1 aliphatic rings. The highest BCUT2D eigenvalue weighted by atomic mass is 32.1. The number of pyridine rings is 1. The number of nitrogens with one attached hydrogen (secondary N) is 1. The molecule has 4 aromatic heterocycles. The van der Waals surface area contributed by atoms with Crippen LogP contribution in [0.3, 0.4) is 0 Å². The lowest BCUT2D eigenvalue weighted by molar-refractivity contribution is 0.587. The van der Waals surface area contributed by atoms with Gasteiger partial charge in [-0.15, -0.1) is 10.2 Å². The maximum atomic E-state index is 9.04. The van der Waals surface area contributed by atoms with Crippen LogP contribution in [0.15, 0.2) is 36.7 Å². The number of hydrogen-bond acceptors (Lipinski definition) is 9. The lowest BCUT2D eigenvalue weighted by Gasteiger charge is -2.26. The minimum absolute atomic E-state index is 0.515. The predicted octanol–water partition coefficient (Wildman–Crippen LogP) is 1.78. The standard InChI is InChI=1S/C19H17N9S/c20-9-12-7-13-1-2-17(28(13)24-10-12)16-8-15(21)14(11-23-16)18-25-26-19(29-18)27-5-3-22-4-6-27/h1-2,7-8,10-11,22H,3-6H2,(H2,21,23). The molecule has 0 spiro atoms. The smallest absolute Gasteiger partial charge is 0.208 e. The molecule has 4 aromatic rings. The van der Waals surface area contributed by atoms with Crippen LogP contribution >= 0.6 is 11.3 Å². The van der Waals surface area contributed by atoms with Crippen LogP contribution in [-0.4, -0.2) is 51.0 Å². The maximum Gasteiger partial charge on any atom is 0.208 e. The van der Waals surface area contributed by atoms with Gasteiger partial charge < -0.3 is 16.0 Å². The number of hydrogen-bond donors (Lipinski definition) is 2. The van der Waals surface area contributed by atoms with Gasteiger partial charge in [0.25, 0.3) is 0 Å². The van der Waals surface area contributed by atoms with Gasteiger partial charge in [0.15, 0.2) is 5.01 Å². The summed E-state index contributed by atoms with van der Waals surface area (Å²) in [4.78, 5) is 6.81. The number of aromatic nitrogens is 5. The van der Waals surface area contributed by atoms with Gasteiger partial charge >= 0.3 is 0 Å². The number of nitrogens with two attached hydrogens (primary N) is 1. The van der Waals surface area contributed by atoms with E-state index in [1.54, 1.807) is 16.8 Å². The van der Waals surface area contributed by atoms with Gasteiger partial charge in [0.1, 0.15) is 6.07 Å². The summed E-state index contributed by atoms with van der Waals surface area (Å²) in [5.41, 5.74) is 10.5. The fourth-order valence-electron chi connectivity index (χ4n) is 3.35. The number of nitrogens with zero attached hydrogens (tertiary/aromatic N) is 7. The Morgan fingerprint density at radius 2 is 2.00 bits per heavy atom. The summed E-state index contributed by atoms with van der Waals surface area (Å²) < 4.78 is 1.75. The molecule has 0 unspecified atom stereocenters. The lowest BCUT2D eigenvalue weighted by Crippen LogP contribution is -2.43. The fraction of sp³-hybridized carbons (Fsp3) is 0.211. The van der Waals surface area contributed by atoms with Crippen LogP contribution < -0.4 is 16.0 Å². The van der Waals surface area contributed by atoms with Crippen molar-refractivity contribution in [3.8, 4) is 28.0 Å². The van der Waals surface area contributed by atoms with E-state index in [-0.39, 0.29) is 0 Å². The number of rotatable bonds is 3. The molecular weight excluding hydrogens is 386 g/mol. The molecule has 0 aliphatic carbocycles. The van der Waals surface area contributed by atoms with Crippen molar-refractivity contribution in [1.82, 2.24) is 30.1 Å². The highest BCUT2D eigenvalue weighted by Crippen LogP contribution is 2.33. The third kappa shape index (κ3) is 3.16. The molecule has 0 atom stereocenters. The first kappa shape index (κ1) is 17.5. The van der Waals surface area contributed by atoms with Gasteiger partial charge in [0, 0.05) is 38.1 Å². The van der Waals surface area contributed by atoms with Crippen LogP contribution in [0, 0.1) is 11.3 Å². The van der Waals surface area contributed by atoms with Crippen LogP contribution in [0.4, 0.5) is 10.8 Å². The van der Waals surface area contributed by atoms with Crippen LogP contribution in [0.5, 0.6) is 0 Å². The quantitative estimate of drug-likeness (QED) is 0.531. The van der Waals surface area contributed by atoms with Crippen molar-refractivity contribution in [3.63, 3.8) is 0 Å². The predicted molar refractivity (Wildman–Crippen MR) is 112 cm³/mol. The molecular formula is C19H17N9S. The molecule has 10 heteroatoms. The summed E-state index contributed by atoms with van der Waals surface area (Å²) in [5.74, 6) is 0. The molecule has 0 saturated carbocycles. The minimum Gasteiger partial charge on any atom is -0.398 e. The van der Waals surface area contributed by atoms with Gasteiger partial charge in [0.05, 0.1) is 34.2 Å². The fourth-order valence-corrected chi connectivity index (χ4v) is 4.28. The second kappa shape index (κ2) is 7.12. The first-order valence-corrected chi connectivity index (χ1v) is 9.98. The Labute approximate surface area is 170 Å². The van der Waals surface area contributed by atoms with E-state index in [2.05, 4.69) is 36.6 Å². The monoisotopic (exact) mass is 403 g/mol. The molecule has 0 radical (unpaired) electrons. The van der Waals surface area contributed by atoms with E-state index in [0.29, 0.717) is 16.9 Å². The zero-order chi connectivity index (χ0) is 19.8. The molecule has 0 bridgehead atoms. The second-order valence-corrected chi connectivity index (χ2v) is 7.65. The molecule has 1 saturated heterocycles. The van der Waals surface area contributed by atoms with E-state index in [0.717, 1.165) is 53.1 Å². The Balaban J connectivity index is 1.47. The van der Waals surface area contributed by atoms with Crippen molar-refractivity contribution in [2.45, 2.75) is 0 Å². The van der Waals surface area contributed by atoms with E-state index in [1.165, 1.54) is 17.5 Å². The van der Waals surface area contributed by atoms with Crippen LogP contribution in [0.1, 0.15) is 5.56 Å². The lowest BCUT2D eigenvalue weighted by atomic mass is 10.2. The van der Waals surface area contributed by atoms with Crippen LogP contribution in [-0.2, 0) is 0 Å². The average Bonchev–Trinajstić information content (AvgIpc) is 3.41. The zero-order valence-corrected chi connectivity index (χ0v) is 16.2. The Morgan fingerprint density at radius 1 is 1.14 bits per heavy atom. The Hall–Kier alpha value is -3.55. The highest BCUT2D eigenvalue weighted by molar-refractivity contribution is 7.18. The highest BCUT2D eigenvalue weighted by Gasteiger charge is 2.18. The van der Waals surface area contributed by atoms with Gasteiger partial charge in [-0.3, -0.25) is 4.98 Å². The molecule has 5 rings (SSSR count). The van der Waals surface area contributed by atoms with Gasteiger partial charge in [0.2, 0.25) is 5.13 Å². The number of piperazine rings is 1. The van der Waals surface area contributed by atoms with Crippen molar-refractivity contribution in [1.29, 1.82) is 5.26 Å². The minimum atomic E-state index is 0.515. The average molecular weight is 403 g/mol. The molecule has 144 valence electrons. The van der Waals surface area contributed by atoms with Crippen molar-refractivity contribution in [2.24, 2.45) is 0 Å². The normalized spacial score (nSPS) is 14.2. The van der Waals surface area contributed by atoms with E-state index in [9.17, 15) is 0 Å². The van der Waals surface area contributed by atoms with Crippen molar-refractivity contribution < 1.29 is 0 Å². The Morgan fingerprint density at radius 3 is 2.79 bits per heavy atom. The molecule has 9 nitrogen and oxygen atoms in total. The van der Waals surface area contributed by atoms with Crippen molar-refractivity contribution in [3.05, 3.63) is 42.2 Å². The van der Waals surface area contributed by atoms with Crippen molar-refractivity contribution >= 4 is 27.7 Å². The first-order valence-electron chi connectivity index (χ1n) is 9.16. The van der Waals surface area contributed by atoms with E-state index in [4.69, 9.17) is 11.0 Å². The van der Waals surface area contributed by atoms with Gasteiger partial charge in [-0.2, -0.15) is 10.4 Å². The summed E-state index contributed by atoms with van der Waals surface area (Å²) >= 11 is 1.52. The van der Waals surface area contributed by atoms with Crippen LogP contribution in [0.2, 0.25) is 0 Å². The van der Waals surface area contributed by atoms with E-state index < -0.39 is 0 Å². The molecule has 3 N–H and O–H groups in total. The summed E-state index contributed by atoms with van der Waals surface area (Å²) in [7, 11) is 0. The largest absolute Gasteiger partial charge is 0.398 e. The van der Waals surface area contributed by atoms with Gasteiger partial charge in [-0.25, -0.2) is 4.52 Å². The first-order chi connectivity index (χ1) is 14.2. The van der Waals surface area contributed by atoms with Gasteiger partial charge in [-0.1, -0.05) is 11.3 Å². The summed E-state index contributed by atoms with van der Waals surface area (Å²) in [5, 5.41) is 27.0. The van der Waals surface area contributed by atoms with Gasteiger partial charge in [-0.05, 0) is 24.3 Å².